The first-order valence-electron chi connectivity index (χ1n) is 29.7. The van der Waals surface area contributed by atoms with Gasteiger partial charge < -0.3 is 0 Å². The first-order chi connectivity index (χ1) is 29.7. The fourth-order valence-electron chi connectivity index (χ4n) is 46.4. The fraction of sp³-hybridized carbons (Fsp3) is 1.00. The van der Waals surface area contributed by atoms with Crippen molar-refractivity contribution in [2.24, 2.45) is 267 Å². The molecule has 29 saturated carbocycles. The van der Waals surface area contributed by atoms with Crippen molar-refractivity contribution in [2.75, 3.05) is 0 Å². The van der Waals surface area contributed by atoms with Gasteiger partial charge in [0.15, 0.2) is 0 Å². The van der Waals surface area contributed by atoms with Gasteiger partial charge in [0.1, 0.15) is 0 Å². The Morgan fingerprint density at radius 3 is 1.08 bits per heavy atom. The summed E-state index contributed by atoms with van der Waals surface area (Å²) in [6.07, 6.45) is 26.0. The Bertz CT molecular complexity index is 2550. The lowest BCUT2D eigenvalue weighted by Gasteiger charge is -3.14. The van der Waals surface area contributed by atoms with Crippen LogP contribution in [0.5, 0.6) is 0 Å². The van der Waals surface area contributed by atoms with Crippen molar-refractivity contribution in [1.29, 1.82) is 0 Å². The van der Waals surface area contributed by atoms with E-state index in [1.54, 1.807) is 12.8 Å². The van der Waals surface area contributed by atoms with Crippen molar-refractivity contribution in [3.8, 4) is 0 Å². The summed E-state index contributed by atoms with van der Waals surface area (Å²) in [7, 11) is 0. The van der Waals surface area contributed by atoms with Crippen LogP contribution < -0.4 is 0 Å². The third-order valence-corrected chi connectivity index (χ3v) is 40.1. The van der Waals surface area contributed by atoms with Crippen LogP contribution in [-0.4, -0.2) is 0 Å². The Labute approximate surface area is 355 Å². The van der Waals surface area contributed by atoms with Gasteiger partial charge >= 0.3 is 0 Å². The monoisotopic (exact) mass is 785 g/mol. The van der Waals surface area contributed by atoms with Crippen LogP contribution in [0.15, 0.2) is 0 Å². The Kier molecular flexibility index (Phi) is 2.69. The second-order valence-corrected chi connectivity index (χ2v) is 34.0. The summed E-state index contributed by atoms with van der Waals surface area (Å²) in [5, 5.41) is 0. The van der Waals surface area contributed by atoms with E-state index in [4.69, 9.17) is 0 Å². The van der Waals surface area contributed by atoms with Gasteiger partial charge in [-0.3, -0.25) is 0 Å². The molecule has 60 heavy (non-hydrogen) atoms. The molecule has 0 aromatic rings. The Hall–Kier alpha value is 0. The van der Waals surface area contributed by atoms with Crippen LogP contribution in [0, 0.1) is 267 Å². The van der Waals surface area contributed by atoms with Crippen molar-refractivity contribution in [2.45, 2.75) is 89.9 Å². The van der Waals surface area contributed by atoms with Crippen molar-refractivity contribution in [3.05, 3.63) is 0 Å². The first kappa shape index (κ1) is 27.0. The molecule has 0 aromatic carbocycles. The first-order valence-corrected chi connectivity index (χ1v) is 29.7. The highest BCUT2D eigenvalue weighted by molar-refractivity contribution is 5.71. The van der Waals surface area contributed by atoms with Crippen LogP contribution in [0.1, 0.15) is 89.9 Å². The van der Waals surface area contributed by atoms with Crippen molar-refractivity contribution in [3.63, 3.8) is 0 Å². The molecule has 304 valence electrons. The van der Waals surface area contributed by atoms with E-state index in [0.717, 1.165) is 54.1 Å². The van der Waals surface area contributed by atoms with Crippen LogP contribution in [0.2, 0.25) is 0 Å². The smallest absolute Gasteiger partial charge is 0.00908 e. The molecular formula is C60H64. The van der Waals surface area contributed by atoms with E-state index < -0.39 is 0 Å². The molecule has 0 aromatic heterocycles. The van der Waals surface area contributed by atoms with Crippen LogP contribution in [-0.2, 0) is 0 Å². The summed E-state index contributed by atoms with van der Waals surface area (Å²) in [4.78, 5) is 0. The Morgan fingerprint density at radius 1 is 0.233 bits per heavy atom. The summed E-state index contributed by atoms with van der Waals surface area (Å²) < 4.78 is 0. The third kappa shape index (κ3) is 1.26. The van der Waals surface area contributed by atoms with Crippen LogP contribution >= 0.6 is 0 Å². The average molecular weight is 785 g/mol. The molecule has 0 saturated heterocycles. The lowest BCUT2D eigenvalue weighted by molar-refractivity contribution is -0.686. The minimum Gasteiger partial charge on any atom is -0.0496 e. The average Bonchev–Trinajstić information content (AvgIpc) is 4.07. The van der Waals surface area contributed by atoms with Gasteiger partial charge in [-0.2, -0.15) is 0 Å². The molecule has 0 heteroatoms. The maximum atomic E-state index is 1.95. The van der Waals surface area contributed by atoms with Gasteiger partial charge in [0.2, 0.25) is 0 Å². The molecule has 46 atom stereocenters. The molecule has 29 aliphatic carbocycles. The molecule has 0 amide bonds. The minimum absolute atomic E-state index is 0.904. The molecule has 14 bridgehead atoms. The molecule has 29 rings (SSSR count). The van der Waals surface area contributed by atoms with Gasteiger partial charge in [-0.25, -0.2) is 0 Å². The van der Waals surface area contributed by atoms with Crippen LogP contribution in [0.25, 0.3) is 0 Å². The van der Waals surface area contributed by atoms with E-state index in [9.17, 15) is 0 Å². The maximum absolute atomic E-state index is 1.95. The highest BCUT2D eigenvalue weighted by Crippen LogP contribution is 3.28. The summed E-state index contributed by atoms with van der Waals surface area (Å²) in [6, 6.07) is 0. The SMILES string of the molecule is C1C2CC3CCC4CC5CC6C7C8CC9C8C8C7C7CC%10C4%11C4C5C6C5CC6C%12%13C9CCC9C%14CC%15C%16C1C1C2C2C3%11C3CC%11C%16C(C%15%14)C%14C9%12C9CC1C%111C32C%104C57C6(C8%13)C9%141. The summed E-state index contributed by atoms with van der Waals surface area (Å²) >= 11 is 0. The highest BCUT2D eigenvalue weighted by Gasteiger charge is 3.25. The largest absolute Gasteiger partial charge is 0.0496 e. The van der Waals surface area contributed by atoms with Crippen molar-refractivity contribution < 1.29 is 0 Å². The summed E-state index contributed by atoms with van der Waals surface area (Å²) in [6.45, 7) is 0. The maximum Gasteiger partial charge on any atom is -0.00908 e. The van der Waals surface area contributed by atoms with E-state index in [2.05, 4.69) is 0 Å². The zero-order valence-corrected chi connectivity index (χ0v) is 35.7. The fourth-order valence-corrected chi connectivity index (χ4v) is 46.4. The van der Waals surface area contributed by atoms with E-state index in [-0.39, 0.29) is 0 Å². The lowest BCUT2D eigenvalue weighted by atomic mass is 8.89. The van der Waals surface area contributed by atoms with Gasteiger partial charge in [0, 0.05) is 0 Å². The Balaban J connectivity index is 0.939. The predicted octanol–water partition coefficient (Wildman–Crippen LogP) is 9.89. The standard InChI is InChI=1S/C60H64/c1-2-18-6-16-8-22-40-24-10-20-26-4-3-25-19-9-23-37(19)45-43-29-13-31-51-17(1)5-15-7-21(39(23)43)41-27-11-33-53(25)49(45)59(33)55(27,29)57(31,47(51)35(15)41)58-32-14-30-44(40)46(38(20)24)50-54(26,53)34-12-28(56(30,58)60(34,50)59)42(22)36(16)48(58)52(18,32)51/h15-50H,1-14H2. The zero-order chi connectivity index (χ0) is 35.7. The molecule has 29 fully saturated rings. The zero-order valence-electron chi connectivity index (χ0n) is 35.7. The van der Waals surface area contributed by atoms with Gasteiger partial charge in [-0.1, -0.05) is 0 Å². The quantitative estimate of drug-likeness (QED) is 0.230. The molecule has 46 unspecified atom stereocenters. The number of hydrogen-bond acceptors (Lipinski definition) is 0. The van der Waals surface area contributed by atoms with Crippen molar-refractivity contribution in [1.82, 2.24) is 0 Å². The summed E-state index contributed by atoms with van der Waals surface area (Å²) in [5.74, 6) is 46.3. The number of hydrogen-bond donors (Lipinski definition) is 0. The normalized spacial score (nSPS) is 102. The van der Waals surface area contributed by atoms with Gasteiger partial charge in [-0.05, 0) is 357 Å². The lowest BCUT2D eigenvalue weighted by Crippen LogP contribution is -3.12. The second kappa shape index (κ2) is 5.99. The van der Waals surface area contributed by atoms with Crippen molar-refractivity contribution >= 4 is 0 Å². The topological polar surface area (TPSA) is 0 Å². The molecule has 0 heterocycles. The third-order valence-electron chi connectivity index (χ3n) is 40.1. The van der Waals surface area contributed by atoms with E-state index >= 15 is 0 Å². The minimum atomic E-state index is 0.904. The van der Waals surface area contributed by atoms with E-state index in [1.807, 2.05) is 77.0 Å². The number of rotatable bonds is 0. The van der Waals surface area contributed by atoms with Gasteiger partial charge in [-0.15, -0.1) is 0 Å². The number of fused-ring (bicyclic) bond motifs is 6. The van der Waals surface area contributed by atoms with Gasteiger partial charge in [0.25, 0.3) is 0 Å². The van der Waals surface area contributed by atoms with E-state index in [1.165, 1.54) is 213 Å². The highest BCUT2D eigenvalue weighted by atomic mass is 15.3. The molecular weight excluding hydrogens is 721 g/mol. The van der Waals surface area contributed by atoms with E-state index in [0.29, 0.717) is 0 Å². The molecule has 10 spiro atoms. The molecule has 0 aliphatic heterocycles. The molecule has 0 radical (unpaired) electrons. The molecule has 0 N–H and O–H groups in total. The summed E-state index contributed by atoms with van der Waals surface area (Å²) in [5.41, 5.74) is 9.19. The second-order valence-electron chi connectivity index (χ2n) is 34.0. The molecule has 0 nitrogen and oxygen atoms in total. The predicted molar refractivity (Wildman–Crippen MR) is 215 cm³/mol. The van der Waals surface area contributed by atoms with Crippen LogP contribution in [0.3, 0.4) is 0 Å². The van der Waals surface area contributed by atoms with Crippen LogP contribution in [0.4, 0.5) is 0 Å². The molecule has 29 aliphatic rings. The van der Waals surface area contributed by atoms with Gasteiger partial charge in [0.05, 0.1) is 0 Å². The Morgan fingerprint density at radius 2 is 0.617 bits per heavy atom.